The summed E-state index contributed by atoms with van der Waals surface area (Å²) in [6.45, 7) is 1.61. The average Bonchev–Trinajstić information content (AvgIpc) is 2.69. The van der Waals surface area contributed by atoms with Gasteiger partial charge in [-0.1, -0.05) is 0 Å². The zero-order valence-corrected chi connectivity index (χ0v) is 9.00. The van der Waals surface area contributed by atoms with Crippen molar-refractivity contribution in [2.75, 3.05) is 13.2 Å². The fourth-order valence-corrected chi connectivity index (χ4v) is 2.61. The Morgan fingerprint density at radius 2 is 2.33 bits per heavy atom. The first kappa shape index (κ1) is 10.9. The molecule has 0 aromatic heterocycles. The van der Waals surface area contributed by atoms with Gasteiger partial charge in [-0.2, -0.15) is 0 Å². The summed E-state index contributed by atoms with van der Waals surface area (Å²) in [4.78, 5) is 11.3. The largest absolute Gasteiger partial charge is 0.480 e. The van der Waals surface area contributed by atoms with E-state index in [0.29, 0.717) is 6.42 Å². The van der Waals surface area contributed by atoms with Gasteiger partial charge in [0, 0.05) is 13.0 Å². The standard InChI is InChI=1S/C11H19NO3/c13-10(14)11(5-3-6-12-11)8-9-4-1-2-7-15-9/h9,12H,1-8H2,(H,13,14). The minimum atomic E-state index is -0.714. The van der Waals surface area contributed by atoms with Gasteiger partial charge in [0.25, 0.3) is 0 Å². The number of hydrogen-bond acceptors (Lipinski definition) is 3. The van der Waals surface area contributed by atoms with Crippen LogP contribution in [-0.4, -0.2) is 35.9 Å². The van der Waals surface area contributed by atoms with E-state index in [1.165, 1.54) is 6.42 Å². The number of ether oxygens (including phenoxy) is 1. The van der Waals surface area contributed by atoms with Crippen molar-refractivity contribution in [1.29, 1.82) is 0 Å². The van der Waals surface area contributed by atoms with E-state index in [1.54, 1.807) is 0 Å². The molecule has 4 nitrogen and oxygen atoms in total. The van der Waals surface area contributed by atoms with Crippen LogP contribution in [0.2, 0.25) is 0 Å². The Labute approximate surface area is 90.0 Å². The second kappa shape index (κ2) is 4.49. The van der Waals surface area contributed by atoms with Gasteiger partial charge in [-0.15, -0.1) is 0 Å². The van der Waals surface area contributed by atoms with Crippen LogP contribution < -0.4 is 5.32 Å². The van der Waals surface area contributed by atoms with Crippen LogP contribution >= 0.6 is 0 Å². The number of aliphatic carboxylic acids is 1. The van der Waals surface area contributed by atoms with Crippen LogP contribution in [0.4, 0.5) is 0 Å². The first-order valence-corrected chi connectivity index (χ1v) is 5.83. The van der Waals surface area contributed by atoms with Crippen LogP contribution in [0.3, 0.4) is 0 Å². The quantitative estimate of drug-likeness (QED) is 0.738. The second-order valence-electron chi connectivity index (χ2n) is 4.61. The van der Waals surface area contributed by atoms with Gasteiger partial charge in [0.05, 0.1) is 6.10 Å². The number of hydrogen-bond donors (Lipinski definition) is 2. The monoisotopic (exact) mass is 213 g/mol. The maximum Gasteiger partial charge on any atom is 0.323 e. The van der Waals surface area contributed by atoms with Crippen LogP contribution in [0.5, 0.6) is 0 Å². The fourth-order valence-electron chi connectivity index (χ4n) is 2.61. The molecule has 0 radical (unpaired) electrons. The molecule has 4 heteroatoms. The van der Waals surface area contributed by atoms with Gasteiger partial charge < -0.3 is 15.2 Å². The van der Waals surface area contributed by atoms with Gasteiger partial charge in [0.15, 0.2) is 0 Å². The molecule has 2 unspecified atom stereocenters. The molecule has 0 amide bonds. The smallest absolute Gasteiger partial charge is 0.323 e. The Morgan fingerprint density at radius 1 is 1.47 bits per heavy atom. The number of carboxylic acids is 1. The maximum atomic E-state index is 11.3. The predicted molar refractivity (Wildman–Crippen MR) is 55.8 cm³/mol. The number of rotatable bonds is 3. The first-order chi connectivity index (χ1) is 7.23. The molecule has 2 saturated heterocycles. The minimum absolute atomic E-state index is 0.139. The Hall–Kier alpha value is -0.610. The number of carbonyl (C=O) groups is 1. The number of nitrogens with one attached hydrogen (secondary N) is 1. The molecule has 0 bridgehead atoms. The molecule has 2 N–H and O–H groups in total. The maximum absolute atomic E-state index is 11.3. The lowest BCUT2D eigenvalue weighted by molar-refractivity contribution is -0.146. The van der Waals surface area contributed by atoms with Gasteiger partial charge in [-0.25, -0.2) is 0 Å². The molecule has 2 aliphatic heterocycles. The summed E-state index contributed by atoms with van der Waals surface area (Å²) in [6, 6.07) is 0. The summed E-state index contributed by atoms with van der Waals surface area (Å²) in [5.41, 5.74) is -0.706. The Bertz CT molecular complexity index is 230. The van der Waals surface area contributed by atoms with Crippen LogP contribution in [0.25, 0.3) is 0 Å². The molecule has 0 aromatic carbocycles. The molecule has 86 valence electrons. The van der Waals surface area contributed by atoms with E-state index in [4.69, 9.17) is 4.74 Å². The van der Waals surface area contributed by atoms with Crippen molar-refractivity contribution >= 4 is 5.97 Å². The lowest BCUT2D eigenvalue weighted by Gasteiger charge is -2.31. The second-order valence-corrected chi connectivity index (χ2v) is 4.61. The van der Waals surface area contributed by atoms with Gasteiger partial charge in [0.2, 0.25) is 0 Å². The zero-order valence-electron chi connectivity index (χ0n) is 9.00. The molecular formula is C11H19NO3. The molecule has 2 aliphatic rings. The van der Waals surface area contributed by atoms with E-state index in [9.17, 15) is 9.90 Å². The van der Waals surface area contributed by atoms with Gasteiger partial charge in [0.1, 0.15) is 5.54 Å². The summed E-state index contributed by atoms with van der Waals surface area (Å²) in [5.74, 6) is -0.714. The highest BCUT2D eigenvalue weighted by molar-refractivity contribution is 5.79. The predicted octanol–water partition coefficient (Wildman–Crippen LogP) is 1.15. The number of carboxylic acid groups (broad SMARTS) is 1. The molecule has 2 heterocycles. The molecule has 0 saturated carbocycles. The summed E-state index contributed by atoms with van der Waals surface area (Å²) >= 11 is 0. The van der Waals surface area contributed by atoms with Crippen LogP contribution in [0, 0.1) is 0 Å². The van der Waals surface area contributed by atoms with Crippen molar-refractivity contribution in [3.63, 3.8) is 0 Å². The fraction of sp³-hybridized carbons (Fsp3) is 0.909. The molecule has 15 heavy (non-hydrogen) atoms. The molecule has 0 aliphatic carbocycles. The van der Waals surface area contributed by atoms with Gasteiger partial charge in [-0.3, -0.25) is 4.79 Å². The van der Waals surface area contributed by atoms with E-state index in [0.717, 1.165) is 38.8 Å². The highest BCUT2D eigenvalue weighted by Crippen LogP contribution is 2.29. The molecule has 2 atom stereocenters. The van der Waals surface area contributed by atoms with E-state index in [-0.39, 0.29) is 6.10 Å². The van der Waals surface area contributed by atoms with Crippen LogP contribution in [-0.2, 0) is 9.53 Å². The average molecular weight is 213 g/mol. The van der Waals surface area contributed by atoms with Gasteiger partial charge in [-0.05, 0) is 38.6 Å². The van der Waals surface area contributed by atoms with Crippen molar-refractivity contribution in [2.45, 2.75) is 50.2 Å². The molecule has 0 aromatic rings. The lowest BCUT2D eigenvalue weighted by Crippen LogP contribution is -2.50. The van der Waals surface area contributed by atoms with E-state index >= 15 is 0 Å². The van der Waals surface area contributed by atoms with Crippen LogP contribution in [0.15, 0.2) is 0 Å². The molecular weight excluding hydrogens is 194 g/mol. The Morgan fingerprint density at radius 3 is 2.87 bits per heavy atom. The lowest BCUT2D eigenvalue weighted by atomic mass is 9.88. The van der Waals surface area contributed by atoms with E-state index in [2.05, 4.69) is 5.32 Å². The highest BCUT2D eigenvalue weighted by atomic mass is 16.5. The third-order valence-electron chi connectivity index (χ3n) is 3.50. The highest BCUT2D eigenvalue weighted by Gasteiger charge is 2.43. The molecule has 2 rings (SSSR count). The van der Waals surface area contributed by atoms with Crippen molar-refractivity contribution < 1.29 is 14.6 Å². The van der Waals surface area contributed by atoms with Crippen molar-refractivity contribution in [3.8, 4) is 0 Å². The summed E-state index contributed by atoms with van der Waals surface area (Å²) in [6.07, 6.45) is 5.76. The van der Waals surface area contributed by atoms with Crippen molar-refractivity contribution in [2.24, 2.45) is 0 Å². The van der Waals surface area contributed by atoms with Crippen molar-refractivity contribution in [3.05, 3.63) is 0 Å². The summed E-state index contributed by atoms with van der Waals surface area (Å²) in [5, 5.41) is 12.4. The summed E-state index contributed by atoms with van der Waals surface area (Å²) < 4.78 is 5.61. The normalized spacial score (nSPS) is 36.7. The molecule has 0 spiro atoms. The first-order valence-electron chi connectivity index (χ1n) is 5.83. The zero-order chi connectivity index (χ0) is 10.7. The third-order valence-corrected chi connectivity index (χ3v) is 3.50. The van der Waals surface area contributed by atoms with Crippen LogP contribution in [0.1, 0.15) is 38.5 Å². The SMILES string of the molecule is O=C(O)C1(CC2CCCCO2)CCCN1. The van der Waals surface area contributed by atoms with Crippen molar-refractivity contribution in [1.82, 2.24) is 5.32 Å². The minimum Gasteiger partial charge on any atom is -0.480 e. The van der Waals surface area contributed by atoms with E-state index < -0.39 is 11.5 Å². The summed E-state index contributed by atoms with van der Waals surface area (Å²) in [7, 11) is 0. The van der Waals surface area contributed by atoms with E-state index in [1.807, 2.05) is 0 Å². The Kier molecular flexibility index (Phi) is 3.26. The third kappa shape index (κ3) is 2.32. The van der Waals surface area contributed by atoms with Gasteiger partial charge >= 0.3 is 5.97 Å². The topological polar surface area (TPSA) is 58.6 Å². The Balaban J connectivity index is 1.96. The molecule has 2 fully saturated rings.